The van der Waals surface area contributed by atoms with Crippen molar-refractivity contribution in [1.29, 1.82) is 0 Å². The summed E-state index contributed by atoms with van der Waals surface area (Å²) in [7, 11) is -9.26. The van der Waals surface area contributed by atoms with Crippen molar-refractivity contribution in [1.82, 2.24) is 9.62 Å². The van der Waals surface area contributed by atoms with E-state index in [-0.39, 0.29) is 59.9 Å². The Bertz CT molecular complexity index is 1220. The third kappa shape index (κ3) is 11.1. The van der Waals surface area contributed by atoms with Crippen molar-refractivity contribution in [2.75, 3.05) is 32.0 Å². The van der Waals surface area contributed by atoms with Crippen LogP contribution >= 0.6 is 7.82 Å². The number of sulfonamides is 1. The van der Waals surface area contributed by atoms with Gasteiger partial charge in [-0.25, -0.2) is 17.8 Å². The standard InChI is InChI=1S/C25H36N3O9PS.Na.H/c1-18(2)15-28(39(33,34)22-10-8-20(26)9-11-22)16-24(37-38(30,31)32)23(14-19-6-4-3-5-7-19)27-25(29)36-21-12-13-35-17-21;;/h3-11,18,21,23-24H,12-17,26H2,1-2H3,(H,27,29)(H2,30,31,32);;/t21-,23+,24-;;/m1../s1. The summed E-state index contributed by atoms with van der Waals surface area (Å²) in [5.41, 5.74) is 6.82. The first-order valence-corrected chi connectivity index (χ1v) is 15.5. The van der Waals surface area contributed by atoms with Gasteiger partial charge < -0.3 is 30.3 Å². The number of rotatable bonds is 13. The molecule has 1 saturated heterocycles. The first-order chi connectivity index (χ1) is 18.3. The van der Waals surface area contributed by atoms with Crippen LogP contribution < -0.4 is 11.1 Å². The van der Waals surface area contributed by atoms with Crippen LogP contribution in [0.1, 0.15) is 25.8 Å². The van der Waals surface area contributed by atoms with Crippen LogP contribution in [-0.2, 0) is 35.0 Å². The first kappa shape index (κ1) is 34.7. The van der Waals surface area contributed by atoms with E-state index < -0.39 is 48.7 Å². The molecule has 2 aromatic carbocycles. The minimum absolute atomic E-state index is 0. The van der Waals surface area contributed by atoms with Crippen LogP contribution in [0.3, 0.4) is 0 Å². The number of anilines is 1. The molecule has 1 amide bonds. The summed E-state index contributed by atoms with van der Waals surface area (Å²) < 4.78 is 56.2. The van der Waals surface area contributed by atoms with Crippen LogP contribution in [0.5, 0.6) is 0 Å². The molecule has 218 valence electrons. The van der Waals surface area contributed by atoms with Crippen LogP contribution in [0.25, 0.3) is 0 Å². The van der Waals surface area contributed by atoms with E-state index in [2.05, 4.69) is 5.32 Å². The Morgan fingerprint density at radius 1 is 1.15 bits per heavy atom. The second-order valence-corrected chi connectivity index (χ2v) is 12.9. The fourth-order valence-corrected chi connectivity index (χ4v) is 6.35. The number of phosphoric acid groups is 1. The summed E-state index contributed by atoms with van der Waals surface area (Å²) >= 11 is 0. The number of nitrogens with two attached hydrogens (primary N) is 1. The van der Waals surface area contributed by atoms with Crippen molar-refractivity contribution in [2.24, 2.45) is 5.92 Å². The quantitative estimate of drug-likeness (QED) is 0.149. The van der Waals surface area contributed by atoms with Gasteiger partial charge in [-0.3, -0.25) is 4.52 Å². The van der Waals surface area contributed by atoms with E-state index >= 15 is 0 Å². The molecule has 0 radical (unpaired) electrons. The van der Waals surface area contributed by atoms with Gasteiger partial charge in [-0.15, -0.1) is 0 Å². The monoisotopic (exact) mass is 609 g/mol. The molecule has 0 aliphatic carbocycles. The molecule has 15 heteroatoms. The number of nitrogens with one attached hydrogen (secondary N) is 1. The zero-order valence-electron chi connectivity index (χ0n) is 21.9. The average molecular weight is 610 g/mol. The number of alkyl carbamates (subject to hydrolysis) is 1. The fraction of sp³-hybridized carbons (Fsp3) is 0.480. The Morgan fingerprint density at radius 2 is 1.80 bits per heavy atom. The SMILES string of the molecule is CC(C)CN(C[C@@H](OP(=O)(O)O)[C@H](Cc1ccccc1)NC(=O)O[C@@H]1CCOC1)S(=O)(=O)c1ccc(N)cc1.[NaH]. The maximum absolute atomic E-state index is 13.6. The number of ether oxygens (including phenoxy) is 2. The normalized spacial score (nSPS) is 17.3. The fourth-order valence-electron chi connectivity index (χ4n) is 4.16. The number of carbonyl (C=O) groups is 1. The number of benzene rings is 2. The Kier molecular flexibility index (Phi) is 13.6. The van der Waals surface area contributed by atoms with Gasteiger partial charge >= 0.3 is 43.5 Å². The van der Waals surface area contributed by atoms with E-state index in [1.54, 1.807) is 30.3 Å². The van der Waals surface area contributed by atoms with Gasteiger partial charge in [0.25, 0.3) is 0 Å². The van der Waals surface area contributed by atoms with Gasteiger partial charge in [0, 0.05) is 25.2 Å². The number of amides is 1. The van der Waals surface area contributed by atoms with Gasteiger partial charge in [0.05, 0.1) is 24.2 Å². The van der Waals surface area contributed by atoms with E-state index in [1.807, 2.05) is 13.8 Å². The maximum atomic E-state index is 13.6. The number of nitrogen functional groups attached to an aromatic ring is 1. The summed E-state index contributed by atoms with van der Waals surface area (Å²) in [6, 6.07) is 13.5. The van der Waals surface area contributed by atoms with Gasteiger partial charge in [0.2, 0.25) is 10.0 Å². The van der Waals surface area contributed by atoms with Crippen molar-refractivity contribution in [3.8, 4) is 0 Å². The van der Waals surface area contributed by atoms with Gasteiger partial charge in [-0.2, -0.15) is 4.31 Å². The predicted molar refractivity (Wildman–Crippen MR) is 151 cm³/mol. The second-order valence-electron chi connectivity index (χ2n) is 9.75. The molecule has 3 rings (SSSR count). The Balaban J connectivity index is 0.00000560. The molecule has 0 spiro atoms. The number of carbonyl (C=O) groups excluding carboxylic acids is 1. The van der Waals surface area contributed by atoms with E-state index in [1.165, 1.54) is 24.3 Å². The number of phosphoric ester groups is 1. The summed E-state index contributed by atoms with van der Waals surface area (Å²) in [6.07, 6.45) is -2.14. The van der Waals surface area contributed by atoms with Crippen molar-refractivity contribution < 1.29 is 41.6 Å². The zero-order valence-corrected chi connectivity index (χ0v) is 23.6. The molecule has 0 saturated carbocycles. The van der Waals surface area contributed by atoms with E-state index in [0.29, 0.717) is 18.7 Å². The molecule has 1 heterocycles. The minimum atomic E-state index is -5.12. The van der Waals surface area contributed by atoms with Crippen molar-refractivity contribution in [2.45, 2.75) is 49.8 Å². The van der Waals surface area contributed by atoms with Crippen LogP contribution in [0, 0.1) is 5.92 Å². The molecule has 3 atom stereocenters. The van der Waals surface area contributed by atoms with E-state index in [4.69, 9.17) is 19.7 Å². The summed E-state index contributed by atoms with van der Waals surface area (Å²) in [5, 5.41) is 2.65. The van der Waals surface area contributed by atoms with Crippen molar-refractivity contribution in [3.63, 3.8) is 0 Å². The average Bonchev–Trinajstić information content (AvgIpc) is 3.35. The van der Waals surface area contributed by atoms with Crippen molar-refractivity contribution >= 4 is 59.2 Å². The predicted octanol–water partition coefficient (Wildman–Crippen LogP) is 1.87. The Morgan fingerprint density at radius 3 is 2.35 bits per heavy atom. The van der Waals surface area contributed by atoms with Crippen molar-refractivity contribution in [3.05, 3.63) is 60.2 Å². The molecule has 1 fully saturated rings. The van der Waals surface area contributed by atoms with Crippen LogP contribution in [0.2, 0.25) is 0 Å². The Labute approximate surface area is 257 Å². The molecular weight excluding hydrogens is 572 g/mol. The molecule has 5 N–H and O–H groups in total. The molecule has 40 heavy (non-hydrogen) atoms. The molecule has 0 unspecified atom stereocenters. The molecular formula is C25H37N3NaO9PS. The number of hydrogen-bond acceptors (Lipinski definition) is 8. The van der Waals surface area contributed by atoms with E-state index in [0.717, 1.165) is 9.87 Å². The number of hydrogen-bond donors (Lipinski definition) is 4. The molecule has 12 nitrogen and oxygen atoms in total. The summed E-state index contributed by atoms with van der Waals surface area (Å²) in [5.74, 6) is -0.142. The molecule has 1 aliphatic rings. The zero-order chi connectivity index (χ0) is 28.6. The molecule has 2 aromatic rings. The summed E-state index contributed by atoms with van der Waals surface area (Å²) in [6.45, 7) is 3.87. The van der Waals surface area contributed by atoms with Gasteiger partial charge in [-0.1, -0.05) is 44.2 Å². The van der Waals surface area contributed by atoms with Crippen LogP contribution in [0.15, 0.2) is 59.5 Å². The van der Waals surface area contributed by atoms with E-state index in [9.17, 15) is 27.6 Å². The third-order valence-electron chi connectivity index (χ3n) is 5.96. The van der Waals surface area contributed by atoms with Crippen LogP contribution in [-0.4, -0.2) is 103 Å². The van der Waals surface area contributed by atoms with Crippen LogP contribution in [0.4, 0.5) is 10.5 Å². The van der Waals surface area contributed by atoms with Gasteiger partial charge in [0.1, 0.15) is 12.2 Å². The number of nitrogens with zero attached hydrogens (tertiary/aromatic N) is 1. The first-order valence-electron chi connectivity index (χ1n) is 12.5. The molecule has 0 bridgehead atoms. The summed E-state index contributed by atoms with van der Waals surface area (Å²) in [4.78, 5) is 32.3. The Hall–Kier alpha value is -1.51. The molecule has 1 aliphatic heterocycles. The second kappa shape index (κ2) is 15.6. The van der Waals surface area contributed by atoms with Gasteiger partial charge in [0.15, 0.2) is 0 Å². The topological polar surface area (TPSA) is 178 Å². The van der Waals surface area contributed by atoms with Gasteiger partial charge in [-0.05, 0) is 42.2 Å². The third-order valence-corrected chi connectivity index (χ3v) is 8.35. The molecule has 0 aromatic heterocycles.